The zero-order chi connectivity index (χ0) is 18.3. The van der Waals surface area contributed by atoms with Crippen LogP contribution in [-0.4, -0.2) is 41.3 Å². The van der Waals surface area contributed by atoms with E-state index in [1.54, 1.807) is 0 Å². The van der Waals surface area contributed by atoms with Gasteiger partial charge in [0.2, 0.25) is 0 Å². The van der Waals surface area contributed by atoms with E-state index in [0.717, 1.165) is 49.3 Å². The van der Waals surface area contributed by atoms with Gasteiger partial charge >= 0.3 is 0 Å². The van der Waals surface area contributed by atoms with Crippen LogP contribution in [-0.2, 0) is 5.60 Å². The molecule has 0 saturated carbocycles. The minimum absolute atomic E-state index is 0.0471. The number of aliphatic hydroxyl groups is 1. The molecule has 2 aromatic carbocycles. The Kier molecular flexibility index (Phi) is 4.33. The third-order valence-corrected chi connectivity index (χ3v) is 6.45. The Morgan fingerprint density at radius 3 is 2.33 bits per heavy atom. The quantitative estimate of drug-likeness (QED) is 0.900. The number of ether oxygens (including phenoxy) is 2. The van der Waals surface area contributed by atoms with E-state index < -0.39 is 5.60 Å². The predicted octanol–water partition coefficient (Wildman–Crippen LogP) is 3.73. The zero-order valence-electron chi connectivity index (χ0n) is 15.6. The van der Waals surface area contributed by atoms with E-state index in [0.29, 0.717) is 18.7 Å². The molecule has 0 amide bonds. The van der Waals surface area contributed by atoms with Crippen LogP contribution in [0.2, 0.25) is 0 Å². The average molecular weight is 365 g/mol. The van der Waals surface area contributed by atoms with Crippen molar-refractivity contribution in [2.24, 2.45) is 0 Å². The maximum atomic E-state index is 11.4. The second-order valence-corrected chi connectivity index (χ2v) is 8.24. The lowest BCUT2D eigenvalue weighted by molar-refractivity contribution is -0.107. The summed E-state index contributed by atoms with van der Waals surface area (Å²) in [4.78, 5) is 2.59. The highest BCUT2D eigenvalue weighted by atomic mass is 16.6. The summed E-state index contributed by atoms with van der Waals surface area (Å²) < 4.78 is 12.1. The normalized spacial score (nSPS) is 32.9. The summed E-state index contributed by atoms with van der Waals surface area (Å²) in [6.45, 7) is 1.46. The molecule has 27 heavy (non-hydrogen) atoms. The van der Waals surface area contributed by atoms with Crippen LogP contribution in [0.15, 0.2) is 54.6 Å². The van der Waals surface area contributed by atoms with Crippen molar-refractivity contribution in [3.8, 4) is 11.5 Å². The van der Waals surface area contributed by atoms with E-state index in [2.05, 4.69) is 17.0 Å². The van der Waals surface area contributed by atoms with Gasteiger partial charge in [-0.1, -0.05) is 48.9 Å². The van der Waals surface area contributed by atoms with Gasteiger partial charge in [-0.2, -0.15) is 0 Å². The first-order chi connectivity index (χ1) is 13.2. The smallest absolute Gasteiger partial charge is 0.161 e. The van der Waals surface area contributed by atoms with Gasteiger partial charge in [-0.3, -0.25) is 4.90 Å². The van der Waals surface area contributed by atoms with Crippen LogP contribution in [0.4, 0.5) is 0 Å². The molecular formula is C23H27NO3. The number of fused-ring (bicyclic) bond motifs is 3. The first kappa shape index (κ1) is 17.1. The third kappa shape index (κ3) is 3.21. The molecule has 5 rings (SSSR count). The molecule has 3 atom stereocenters. The Bertz CT molecular complexity index is 779. The number of hydrogen-bond donors (Lipinski definition) is 1. The number of benzene rings is 2. The van der Waals surface area contributed by atoms with Crippen molar-refractivity contribution < 1.29 is 14.6 Å². The van der Waals surface area contributed by atoms with Gasteiger partial charge in [-0.15, -0.1) is 0 Å². The van der Waals surface area contributed by atoms with Gasteiger partial charge in [0.15, 0.2) is 11.5 Å². The minimum Gasteiger partial charge on any atom is -0.486 e. The fourth-order valence-electron chi connectivity index (χ4n) is 5.19. The lowest BCUT2D eigenvalue weighted by Crippen LogP contribution is -2.59. The van der Waals surface area contributed by atoms with Crippen LogP contribution in [0.1, 0.15) is 37.7 Å². The Morgan fingerprint density at radius 1 is 0.926 bits per heavy atom. The number of piperidine rings is 2. The van der Waals surface area contributed by atoms with Crippen LogP contribution in [0.25, 0.3) is 0 Å². The maximum absolute atomic E-state index is 11.4. The molecule has 3 aliphatic heterocycles. The monoisotopic (exact) mass is 365 g/mol. The van der Waals surface area contributed by atoms with Crippen molar-refractivity contribution in [1.29, 1.82) is 0 Å². The number of rotatable bonds is 3. The molecule has 3 aliphatic rings. The second-order valence-electron chi connectivity index (χ2n) is 8.24. The fourth-order valence-corrected chi connectivity index (χ4v) is 5.19. The Morgan fingerprint density at radius 2 is 1.59 bits per heavy atom. The van der Waals surface area contributed by atoms with Crippen molar-refractivity contribution in [3.05, 3.63) is 60.2 Å². The lowest BCUT2D eigenvalue weighted by Gasteiger charge is -2.53. The number of nitrogens with zero attached hydrogens (tertiary/aromatic N) is 1. The lowest BCUT2D eigenvalue weighted by atomic mass is 9.72. The molecule has 142 valence electrons. The molecule has 0 aliphatic carbocycles. The summed E-state index contributed by atoms with van der Waals surface area (Å²) >= 11 is 0. The van der Waals surface area contributed by atoms with Crippen LogP contribution in [0, 0.1) is 0 Å². The number of para-hydroxylation sites is 2. The summed E-state index contributed by atoms with van der Waals surface area (Å²) in [6.07, 6.45) is 5.20. The summed E-state index contributed by atoms with van der Waals surface area (Å²) in [5, 5.41) is 11.4. The summed E-state index contributed by atoms with van der Waals surface area (Å²) in [5.41, 5.74) is 0.358. The van der Waals surface area contributed by atoms with Crippen molar-refractivity contribution in [2.45, 2.75) is 55.9 Å². The molecule has 2 saturated heterocycles. The summed E-state index contributed by atoms with van der Waals surface area (Å²) in [5.74, 6) is 1.68. The van der Waals surface area contributed by atoms with E-state index in [4.69, 9.17) is 9.47 Å². The molecule has 2 aromatic rings. The molecule has 3 heterocycles. The molecule has 4 heteroatoms. The van der Waals surface area contributed by atoms with Crippen molar-refractivity contribution in [1.82, 2.24) is 4.90 Å². The largest absolute Gasteiger partial charge is 0.486 e. The Balaban J connectivity index is 1.32. The van der Waals surface area contributed by atoms with Crippen LogP contribution in [0.3, 0.4) is 0 Å². The molecule has 2 fully saturated rings. The van der Waals surface area contributed by atoms with E-state index >= 15 is 0 Å². The van der Waals surface area contributed by atoms with Gasteiger partial charge in [0.25, 0.3) is 0 Å². The maximum Gasteiger partial charge on any atom is 0.161 e. The average Bonchev–Trinajstić information content (AvgIpc) is 2.69. The molecule has 0 aromatic heterocycles. The van der Waals surface area contributed by atoms with Gasteiger partial charge in [0.1, 0.15) is 12.7 Å². The van der Waals surface area contributed by atoms with E-state index in [1.807, 2.05) is 42.5 Å². The van der Waals surface area contributed by atoms with Crippen LogP contribution >= 0.6 is 0 Å². The highest BCUT2D eigenvalue weighted by Gasteiger charge is 2.47. The van der Waals surface area contributed by atoms with E-state index in [1.165, 1.54) is 6.42 Å². The molecule has 0 radical (unpaired) electrons. The molecule has 3 unspecified atom stereocenters. The van der Waals surface area contributed by atoms with E-state index in [9.17, 15) is 5.11 Å². The Hall–Kier alpha value is -2.04. The van der Waals surface area contributed by atoms with Gasteiger partial charge in [-0.25, -0.2) is 0 Å². The SMILES string of the molecule is OC1(c2ccccc2)CC2CCCC(C1)N2CC1COc2ccccc2O1. The minimum atomic E-state index is -0.704. The van der Waals surface area contributed by atoms with E-state index in [-0.39, 0.29) is 6.10 Å². The van der Waals surface area contributed by atoms with Crippen LogP contribution in [0.5, 0.6) is 11.5 Å². The first-order valence-corrected chi connectivity index (χ1v) is 10.1. The van der Waals surface area contributed by atoms with Gasteiger partial charge < -0.3 is 14.6 Å². The molecule has 4 nitrogen and oxygen atoms in total. The summed E-state index contributed by atoms with van der Waals surface area (Å²) in [6, 6.07) is 18.9. The second kappa shape index (κ2) is 6.84. The van der Waals surface area contributed by atoms with Crippen molar-refractivity contribution >= 4 is 0 Å². The molecule has 1 N–H and O–H groups in total. The number of hydrogen-bond acceptors (Lipinski definition) is 4. The fraction of sp³-hybridized carbons (Fsp3) is 0.478. The van der Waals surface area contributed by atoms with Crippen molar-refractivity contribution in [2.75, 3.05) is 13.2 Å². The highest BCUT2D eigenvalue weighted by molar-refractivity contribution is 5.40. The zero-order valence-corrected chi connectivity index (χ0v) is 15.6. The highest BCUT2D eigenvalue weighted by Crippen LogP contribution is 2.44. The van der Waals surface area contributed by atoms with Crippen molar-refractivity contribution in [3.63, 3.8) is 0 Å². The molecular weight excluding hydrogens is 338 g/mol. The Labute approximate surface area is 160 Å². The van der Waals surface area contributed by atoms with Gasteiger partial charge in [0, 0.05) is 18.6 Å². The molecule has 2 bridgehead atoms. The molecule has 0 spiro atoms. The summed E-state index contributed by atoms with van der Waals surface area (Å²) in [7, 11) is 0. The topological polar surface area (TPSA) is 41.9 Å². The van der Waals surface area contributed by atoms with Gasteiger partial charge in [0.05, 0.1) is 5.60 Å². The third-order valence-electron chi connectivity index (χ3n) is 6.45. The predicted molar refractivity (Wildman–Crippen MR) is 104 cm³/mol. The standard InChI is InChI=1S/C23H27NO3/c25-23(17-7-2-1-3-8-17)13-18-9-6-10-19(14-23)24(18)15-20-16-26-21-11-4-5-12-22(21)27-20/h1-5,7-8,11-12,18-20,25H,6,9-10,13-16H2. The first-order valence-electron chi connectivity index (χ1n) is 10.1. The van der Waals surface area contributed by atoms with Crippen LogP contribution < -0.4 is 9.47 Å². The van der Waals surface area contributed by atoms with Gasteiger partial charge in [-0.05, 0) is 43.4 Å².